The summed E-state index contributed by atoms with van der Waals surface area (Å²) >= 11 is 0. The van der Waals surface area contributed by atoms with Crippen LogP contribution in [0.5, 0.6) is 11.5 Å². The molecule has 3 aromatic rings. The molecule has 0 spiro atoms. The Labute approximate surface area is 180 Å². The van der Waals surface area contributed by atoms with Gasteiger partial charge in [-0.25, -0.2) is 4.79 Å². The van der Waals surface area contributed by atoms with Gasteiger partial charge in [-0.3, -0.25) is 4.79 Å². The molecule has 0 aliphatic rings. The quantitative estimate of drug-likeness (QED) is 0.544. The van der Waals surface area contributed by atoms with Gasteiger partial charge < -0.3 is 24.7 Å². The molecule has 0 fully saturated rings. The van der Waals surface area contributed by atoms with Crippen LogP contribution in [-0.4, -0.2) is 30.3 Å². The average molecular weight is 425 g/mol. The van der Waals surface area contributed by atoms with Crippen molar-refractivity contribution in [3.8, 4) is 22.6 Å². The maximum Gasteiger partial charge on any atom is 0.343 e. The highest BCUT2D eigenvalue weighted by molar-refractivity contribution is 5.97. The van der Waals surface area contributed by atoms with Gasteiger partial charge in [0, 0.05) is 17.4 Å². The van der Waals surface area contributed by atoms with Crippen molar-refractivity contribution in [3.05, 3.63) is 58.6 Å². The Hall–Kier alpha value is -3.32. The van der Waals surface area contributed by atoms with E-state index in [0.717, 1.165) is 0 Å². The number of amides is 1. The fraction of sp³-hybridized carbons (Fsp3) is 0.333. The number of benzene rings is 2. The minimum atomic E-state index is -0.706. The van der Waals surface area contributed by atoms with E-state index in [-0.39, 0.29) is 13.0 Å². The van der Waals surface area contributed by atoms with Gasteiger partial charge in [-0.1, -0.05) is 38.1 Å². The first-order valence-electron chi connectivity index (χ1n) is 10.2. The van der Waals surface area contributed by atoms with Crippen molar-refractivity contribution in [1.29, 1.82) is 0 Å². The van der Waals surface area contributed by atoms with Crippen molar-refractivity contribution < 1.29 is 23.8 Å². The minimum absolute atomic E-state index is 0.165. The molecule has 2 aromatic carbocycles. The maximum absolute atomic E-state index is 12.5. The summed E-state index contributed by atoms with van der Waals surface area (Å²) in [6.45, 7) is 5.86. The first-order chi connectivity index (χ1) is 14.8. The van der Waals surface area contributed by atoms with E-state index in [9.17, 15) is 14.7 Å². The van der Waals surface area contributed by atoms with Crippen LogP contribution in [0.2, 0.25) is 0 Å². The van der Waals surface area contributed by atoms with Crippen LogP contribution < -0.4 is 20.8 Å². The average Bonchev–Trinajstić information content (AvgIpc) is 2.71. The molecule has 31 heavy (non-hydrogen) atoms. The Bertz CT molecular complexity index is 1130. The first kappa shape index (κ1) is 22.4. The lowest BCUT2D eigenvalue weighted by atomic mass is 9.96. The largest absolute Gasteiger partial charge is 0.489 e. The van der Waals surface area contributed by atoms with E-state index in [1.54, 1.807) is 31.2 Å². The standard InChI is InChI=1S/C24H27NO6/c1-14(2)12-29-19-9-8-16(11-20(19)30-13-22(25)27)23-17-6-4-5-7-18(17)24(28)31-21(23)10-15(3)26/h4-9,11,14-15,26H,10,12-13H2,1-3H3,(H2,25,27). The van der Waals surface area contributed by atoms with E-state index < -0.39 is 17.6 Å². The third kappa shape index (κ3) is 5.44. The number of primary amides is 1. The van der Waals surface area contributed by atoms with Crippen molar-refractivity contribution in [1.82, 2.24) is 0 Å². The number of aliphatic hydroxyl groups excluding tert-OH is 1. The van der Waals surface area contributed by atoms with E-state index in [0.29, 0.717) is 51.7 Å². The van der Waals surface area contributed by atoms with E-state index in [4.69, 9.17) is 19.6 Å². The molecule has 1 amide bonds. The molecule has 0 saturated heterocycles. The van der Waals surface area contributed by atoms with Gasteiger partial charge in [0.05, 0.1) is 18.1 Å². The molecular formula is C24H27NO6. The Balaban J connectivity index is 2.18. The Morgan fingerprint density at radius 3 is 2.42 bits per heavy atom. The molecule has 7 nitrogen and oxygen atoms in total. The van der Waals surface area contributed by atoms with Crippen molar-refractivity contribution >= 4 is 16.7 Å². The lowest BCUT2D eigenvalue weighted by Gasteiger charge is -2.17. The van der Waals surface area contributed by atoms with Gasteiger partial charge in [0.15, 0.2) is 18.1 Å². The van der Waals surface area contributed by atoms with E-state index in [1.807, 2.05) is 32.0 Å². The summed E-state index contributed by atoms with van der Waals surface area (Å²) in [5, 5.41) is 11.1. The Kier molecular flexibility index (Phi) is 6.97. The summed E-state index contributed by atoms with van der Waals surface area (Å²) in [6, 6.07) is 12.4. The number of nitrogens with two attached hydrogens (primary N) is 1. The number of hydrogen-bond acceptors (Lipinski definition) is 6. The molecule has 0 bridgehead atoms. The second-order valence-electron chi connectivity index (χ2n) is 7.91. The molecule has 3 N–H and O–H groups in total. The van der Waals surface area contributed by atoms with Gasteiger partial charge in [0.2, 0.25) is 0 Å². The van der Waals surface area contributed by atoms with Gasteiger partial charge in [0.1, 0.15) is 5.76 Å². The van der Waals surface area contributed by atoms with Crippen LogP contribution >= 0.6 is 0 Å². The molecule has 0 saturated carbocycles. The summed E-state index contributed by atoms with van der Waals surface area (Å²) in [5.41, 5.74) is 6.17. The Morgan fingerprint density at radius 2 is 1.77 bits per heavy atom. The van der Waals surface area contributed by atoms with Crippen LogP contribution in [0.1, 0.15) is 26.5 Å². The summed E-state index contributed by atoms with van der Waals surface area (Å²) < 4.78 is 17.0. The smallest absolute Gasteiger partial charge is 0.343 e. The van der Waals surface area contributed by atoms with Crippen LogP contribution in [0, 0.1) is 5.92 Å². The highest BCUT2D eigenvalue weighted by Crippen LogP contribution is 2.37. The predicted molar refractivity (Wildman–Crippen MR) is 118 cm³/mol. The summed E-state index contributed by atoms with van der Waals surface area (Å²) in [6.07, 6.45) is -0.541. The van der Waals surface area contributed by atoms with Gasteiger partial charge >= 0.3 is 5.63 Å². The molecule has 1 heterocycles. The molecule has 0 aliphatic carbocycles. The molecule has 0 radical (unpaired) electrons. The van der Waals surface area contributed by atoms with Crippen LogP contribution in [0.15, 0.2) is 51.7 Å². The van der Waals surface area contributed by atoms with Gasteiger partial charge in [-0.05, 0) is 36.6 Å². The highest BCUT2D eigenvalue weighted by atomic mass is 16.5. The number of carbonyl (C=O) groups excluding carboxylic acids is 1. The molecule has 1 aromatic heterocycles. The summed E-state index contributed by atoms with van der Waals surface area (Å²) in [7, 11) is 0. The Morgan fingerprint density at radius 1 is 1.06 bits per heavy atom. The minimum Gasteiger partial charge on any atom is -0.489 e. The molecule has 1 atom stereocenters. The number of ether oxygens (including phenoxy) is 2. The third-order valence-corrected chi connectivity index (χ3v) is 4.57. The zero-order valence-electron chi connectivity index (χ0n) is 17.9. The second kappa shape index (κ2) is 9.66. The second-order valence-corrected chi connectivity index (χ2v) is 7.91. The molecule has 1 unspecified atom stereocenters. The SMILES string of the molecule is CC(C)COc1ccc(-c2c(CC(C)O)oc(=O)c3ccccc23)cc1OCC(N)=O. The summed E-state index contributed by atoms with van der Waals surface area (Å²) in [4.78, 5) is 23.7. The molecular weight excluding hydrogens is 398 g/mol. The lowest BCUT2D eigenvalue weighted by Crippen LogP contribution is -2.20. The molecule has 0 aliphatic heterocycles. The fourth-order valence-corrected chi connectivity index (χ4v) is 3.28. The van der Waals surface area contributed by atoms with Crippen LogP contribution in [0.4, 0.5) is 0 Å². The molecule has 3 rings (SSSR count). The topological polar surface area (TPSA) is 112 Å². The van der Waals surface area contributed by atoms with Gasteiger partial charge in [-0.15, -0.1) is 0 Å². The van der Waals surface area contributed by atoms with E-state index in [1.165, 1.54) is 0 Å². The molecule has 7 heteroatoms. The lowest BCUT2D eigenvalue weighted by molar-refractivity contribution is -0.119. The van der Waals surface area contributed by atoms with E-state index >= 15 is 0 Å². The van der Waals surface area contributed by atoms with Crippen molar-refractivity contribution in [2.75, 3.05) is 13.2 Å². The normalized spacial score (nSPS) is 12.2. The zero-order valence-corrected chi connectivity index (χ0v) is 17.9. The van der Waals surface area contributed by atoms with Gasteiger partial charge in [0.25, 0.3) is 5.91 Å². The number of rotatable bonds is 9. The van der Waals surface area contributed by atoms with Crippen molar-refractivity contribution in [3.63, 3.8) is 0 Å². The highest BCUT2D eigenvalue weighted by Gasteiger charge is 2.19. The van der Waals surface area contributed by atoms with Gasteiger partial charge in [-0.2, -0.15) is 0 Å². The number of hydrogen-bond donors (Lipinski definition) is 2. The first-order valence-corrected chi connectivity index (χ1v) is 10.2. The maximum atomic E-state index is 12.5. The third-order valence-electron chi connectivity index (χ3n) is 4.57. The van der Waals surface area contributed by atoms with Crippen molar-refractivity contribution in [2.45, 2.75) is 33.3 Å². The number of carbonyl (C=O) groups is 1. The zero-order chi connectivity index (χ0) is 22.5. The monoisotopic (exact) mass is 425 g/mol. The van der Waals surface area contributed by atoms with Crippen LogP contribution in [0.25, 0.3) is 21.9 Å². The molecule has 164 valence electrons. The number of aliphatic hydroxyl groups is 1. The summed E-state index contributed by atoms with van der Waals surface area (Å²) in [5.74, 6) is 0.905. The van der Waals surface area contributed by atoms with Crippen molar-refractivity contribution in [2.24, 2.45) is 11.7 Å². The van der Waals surface area contributed by atoms with Crippen LogP contribution in [-0.2, 0) is 11.2 Å². The predicted octanol–water partition coefficient (Wildman–Crippen LogP) is 3.28. The van der Waals surface area contributed by atoms with E-state index in [2.05, 4.69) is 0 Å². The van der Waals surface area contributed by atoms with Crippen LogP contribution in [0.3, 0.4) is 0 Å². The number of fused-ring (bicyclic) bond motifs is 1. The fourth-order valence-electron chi connectivity index (χ4n) is 3.28.